The number of anilines is 2. The zero-order chi connectivity index (χ0) is 17.9. The fraction of sp³-hybridized carbons (Fsp3) is 0.125. The van der Waals surface area contributed by atoms with Gasteiger partial charge in [-0.3, -0.25) is 9.52 Å². The Kier molecular flexibility index (Phi) is 4.89. The van der Waals surface area contributed by atoms with Gasteiger partial charge in [-0.25, -0.2) is 13.2 Å². The van der Waals surface area contributed by atoms with E-state index in [2.05, 4.69) is 10.0 Å². The summed E-state index contributed by atoms with van der Waals surface area (Å²) in [6.45, 7) is 3.05. The number of carbonyl (C=O) groups is 2. The number of hydrogen-bond donors (Lipinski definition) is 3. The molecule has 0 unspecified atom stereocenters. The normalized spacial score (nSPS) is 10.9. The number of hydrogen-bond acceptors (Lipinski definition) is 4. The SMILES string of the molecule is CC(=O)Nc1cc(S(=O)(=O)Nc2ccccc2C(=O)O)ccc1C. The summed E-state index contributed by atoms with van der Waals surface area (Å²) in [4.78, 5) is 22.3. The van der Waals surface area contributed by atoms with Crippen LogP contribution < -0.4 is 10.0 Å². The minimum absolute atomic E-state index is 0.0355. The lowest BCUT2D eigenvalue weighted by molar-refractivity contribution is -0.114. The van der Waals surface area contributed by atoms with Crippen molar-refractivity contribution in [3.63, 3.8) is 0 Å². The molecule has 0 radical (unpaired) electrons. The van der Waals surface area contributed by atoms with E-state index in [1.807, 2.05) is 0 Å². The molecule has 126 valence electrons. The van der Waals surface area contributed by atoms with E-state index in [1.165, 1.54) is 43.3 Å². The van der Waals surface area contributed by atoms with E-state index in [4.69, 9.17) is 5.11 Å². The van der Waals surface area contributed by atoms with Crippen LogP contribution in [-0.4, -0.2) is 25.4 Å². The summed E-state index contributed by atoms with van der Waals surface area (Å²) in [6.07, 6.45) is 0. The third kappa shape index (κ3) is 3.90. The zero-order valence-electron chi connectivity index (χ0n) is 13.0. The summed E-state index contributed by atoms with van der Waals surface area (Å²) in [7, 11) is -4.01. The molecule has 0 atom stereocenters. The van der Waals surface area contributed by atoms with Crippen LogP contribution in [0.3, 0.4) is 0 Å². The van der Waals surface area contributed by atoms with E-state index in [1.54, 1.807) is 13.0 Å². The minimum Gasteiger partial charge on any atom is -0.478 e. The maximum absolute atomic E-state index is 12.5. The smallest absolute Gasteiger partial charge is 0.337 e. The van der Waals surface area contributed by atoms with Crippen LogP contribution in [0.4, 0.5) is 11.4 Å². The lowest BCUT2D eigenvalue weighted by atomic mass is 10.2. The van der Waals surface area contributed by atoms with Crippen molar-refractivity contribution in [2.45, 2.75) is 18.7 Å². The highest BCUT2D eigenvalue weighted by Gasteiger charge is 2.19. The molecule has 1 amide bonds. The molecule has 3 N–H and O–H groups in total. The van der Waals surface area contributed by atoms with Gasteiger partial charge >= 0.3 is 5.97 Å². The molecule has 0 aromatic heterocycles. The van der Waals surface area contributed by atoms with Crippen molar-refractivity contribution >= 4 is 33.3 Å². The molecule has 2 rings (SSSR count). The van der Waals surface area contributed by atoms with E-state index < -0.39 is 16.0 Å². The molecule has 0 bridgehead atoms. The number of aromatic carboxylic acids is 1. The predicted octanol–water partition coefficient (Wildman–Crippen LogP) is 2.45. The van der Waals surface area contributed by atoms with Crippen molar-refractivity contribution in [2.75, 3.05) is 10.0 Å². The van der Waals surface area contributed by atoms with E-state index >= 15 is 0 Å². The summed E-state index contributed by atoms with van der Waals surface area (Å²) in [5.74, 6) is -1.56. The van der Waals surface area contributed by atoms with Crippen LogP contribution in [0.15, 0.2) is 47.4 Å². The fourth-order valence-electron chi connectivity index (χ4n) is 2.05. The second-order valence-electron chi connectivity index (χ2n) is 5.11. The predicted molar refractivity (Wildman–Crippen MR) is 89.7 cm³/mol. The molecule has 2 aromatic rings. The number of benzene rings is 2. The van der Waals surface area contributed by atoms with Crippen molar-refractivity contribution in [3.05, 3.63) is 53.6 Å². The highest BCUT2D eigenvalue weighted by molar-refractivity contribution is 7.92. The van der Waals surface area contributed by atoms with E-state index in [9.17, 15) is 18.0 Å². The monoisotopic (exact) mass is 348 g/mol. The molecule has 24 heavy (non-hydrogen) atoms. The number of para-hydroxylation sites is 1. The molecule has 0 aliphatic carbocycles. The van der Waals surface area contributed by atoms with Gasteiger partial charge in [0.05, 0.1) is 16.1 Å². The van der Waals surface area contributed by atoms with Gasteiger partial charge in [-0.15, -0.1) is 0 Å². The van der Waals surface area contributed by atoms with Gasteiger partial charge in [0.25, 0.3) is 10.0 Å². The van der Waals surface area contributed by atoms with Crippen molar-refractivity contribution in [2.24, 2.45) is 0 Å². The highest BCUT2D eigenvalue weighted by atomic mass is 32.2. The van der Waals surface area contributed by atoms with Crippen LogP contribution in [0.1, 0.15) is 22.8 Å². The van der Waals surface area contributed by atoms with Gasteiger partial charge in [-0.05, 0) is 36.8 Å². The Hall–Kier alpha value is -2.87. The van der Waals surface area contributed by atoms with Gasteiger partial charge < -0.3 is 10.4 Å². The van der Waals surface area contributed by atoms with Gasteiger partial charge in [0, 0.05) is 12.6 Å². The molecule has 0 fully saturated rings. The Morgan fingerprint density at radius 1 is 1.04 bits per heavy atom. The van der Waals surface area contributed by atoms with Crippen LogP contribution in [-0.2, 0) is 14.8 Å². The topological polar surface area (TPSA) is 113 Å². The second-order valence-corrected chi connectivity index (χ2v) is 6.80. The summed E-state index contributed by atoms with van der Waals surface area (Å²) >= 11 is 0. The lowest BCUT2D eigenvalue weighted by Gasteiger charge is -2.13. The quantitative estimate of drug-likeness (QED) is 0.768. The zero-order valence-corrected chi connectivity index (χ0v) is 13.8. The molecule has 0 heterocycles. The maximum atomic E-state index is 12.5. The average Bonchev–Trinajstić information content (AvgIpc) is 2.48. The molecule has 7 nitrogen and oxygen atoms in total. The number of carboxylic acid groups (broad SMARTS) is 1. The summed E-state index contributed by atoms with van der Waals surface area (Å²) in [5, 5.41) is 11.7. The van der Waals surface area contributed by atoms with Crippen LogP contribution in [0, 0.1) is 6.92 Å². The first-order valence-electron chi connectivity index (χ1n) is 6.94. The third-order valence-corrected chi connectivity index (χ3v) is 4.60. The van der Waals surface area contributed by atoms with Crippen LogP contribution in [0.2, 0.25) is 0 Å². The van der Waals surface area contributed by atoms with E-state index in [-0.39, 0.29) is 22.1 Å². The fourth-order valence-corrected chi connectivity index (χ4v) is 3.16. The molecule has 0 saturated carbocycles. The third-order valence-electron chi connectivity index (χ3n) is 3.23. The average molecular weight is 348 g/mol. The number of aryl methyl sites for hydroxylation is 1. The summed E-state index contributed by atoms with van der Waals surface area (Å²) < 4.78 is 27.3. The number of sulfonamides is 1. The van der Waals surface area contributed by atoms with Gasteiger partial charge in [0.2, 0.25) is 5.91 Å². The van der Waals surface area contributed by atoms with Crippen LogP contribution >= 0.6 is 0 Å². The first-order valence-corrected chi connectivity index (χ1v) is 8.42. The molecule has 2 aromatic carbocycles. The van der Waals surface area contributed by atoms with Gasteiger partial charge in [-0.1, -0.05) is 18.2 Å². The maximum Gasteiger partial charge on any atom is 0.337 e. The number of rotatable bonds is 5. The van der Waals surface area contributed by atoms with Crippen molar-refractivity contribution < 1.29 is 23.1 Å². The molecule has 8 heteroatoms. The number of nitrogens with one attached hydrogen (secondary N) is 2. The van der Waals surface area contributed by atoms with Crippen molar-refractivity contribution in [1.82, 2.24) is 0 Å². The Balaban J connectivity index is 2.42. The Bertz CT molecular complexity index is 906. The van der Waals surface area contributed by atoms with E-state index in [0.717, 1.165) is 0 Å². The number of carbonyl (C=O) groups excluding carboxylic acids is 1. The van der Waals surface area contributed by atoms with Crippen molar-refractivity contribution in [1.29, 1.82) is 0 Å². The number of amides is 1. The molecular weight excluding hydrogens is 332 g/mol. The first kappa shape index (κ1) is 17.5. The molecule has 0 aliphatic heterocycles. The summed E-state index contributed by atoms with van der Waals surface area (Å²) in [6, 6.07) is 9.96. The number of carboxylic acids is 1. The van der Waals surface area contributed by atoms with Gasteiger partial charge in [-0.2, -0.15) is 0 Å². The second kappa shape index (κ2) is 6.71. The van der Waals surface area contributed by atoms with E-state index in [0.29, 0.717) is 11.3 Å². The molecule has 0 aliphatic rings. The minimum atomic E-state index is -4.01. The van der Waals surface area contributed by atoms with Crippen LogP contribution in [0.25, 0.3) is 0 Å². The van der Waals surface area contributed by atoms with Gasteiger partial charge in [0.1, 0.15) is 0 Å². The Morgan fingerprint density at radius 2 is 1.71 bits per heavy atom. The largest absolute Gasteiger partial charge is 0.478 e. The lowest BCUT2D eigenvalue weighted by Crippen LogP contribution is -2.16. The first-order chi connectivity index (χ1) is 11.2. The Morgan fingerprint density at radius 3 is 2.33 bits per heavy atom. The highest BCUT2D eigenvalue weighted by Crippen LogP contribution is 2.24. The van der Waals surface area contributed by atoms with Crippen LogP contribution in [0.5, 0.6) is 0 Å². The molecule has 0 saturated heterocycles. The summed E-state index contributed by atoms with van der Waals surface area (Å²) in [5.41, 5.74) is 0.883. The standard InChI is InChI=1S/C16H16N2O5S/c1-10-7-8-12(9-15(10)17-11(2)19)24(22,23)18-14-6-4-3-5-13(14)16(20)21/h3-9,18H,1-2H3,(H,17,19)(H,20,21). The Labute approximate surface area is 139 Å². The molecular formula is C16H16N2O5S. The van der Waals surface area contributed by atoms with Gasteiger partial charge in [0.15, 0.2) is 0 Å². The molecule has 0 spiro atoms. The van der Waals surface area contributed by atoms with Crippen molar-refractivity contribution in [3.8, 4) is 0 Å².